The highest BCUT2D eigenvalue weighted by Gasteiger charge is 2.14. The molecule has 2 nitrogen and oxygen atoms in total. The second kappa shape index (κ2) is 6.86. The van der Waals surface area contributed by atoms with E-state index in [0.29, 0.717) is 0 Å². The lowest BCUT2D eigenvalue weighted by Gasteiger charge is -2.10. The molecule has 0 aliphatic heterocycles. The molecule has 0 amide bonds. The summed E-state index contributed by atoms with van der Waals surface area (Å²) in [5.41, 5.74) is 7.29. The van der Waals surface area contributed by atoms with E-state index < -0.39 is 0 Å². The van der Waals surface area contributed by atoms with Crippen LogP contribution in [0.25, 0.3) is 39.2 Å². The van der Waals surface area contributed by atoms with Crippen molar-refractivity contribution in [1.82, 2.24) is 9.55 Å². The van der Waals surface area contributed by atoms with Crippen LogP contribution in [-0.2, 0) is 0 Å². The Morgan fingerprint density at radius 1 is 0.607 bits per heavy atom. The largest absolute Gasteiger partial charge is 0.292 e. The summed E-state index contributed by atoms with van der Waals surface area (Å²) in [6.45, 7) is 0. The average molecular weight is 356 g/mol. The molecule has 0 spiro atoms. The van der Waals surface area contributed by atoms with E-state index in [2.05, 4.69) is 77.4 Å². The molecule has 5 rings (SSSR count). The summed E-state index contributed by atoms with van der Waals surface area (Å²) in [7, 11) is 5.93. The van der Waals surface area contributed by atoms with E-state index in [4.69, 9.17) is 12.8 Å². The number of para-hydroxylation sites is 3. The van der Waals surface area contributed by atoms with Crippen LogP contribution >= 0.6 is 0 Å². The monoisotopic (exact) mass is 356 g/mol. The third kappa shape index (κ3) is 2.91. The summed E-state index contributed by atoms with van der Waals surface area (Å²) in [6, 6.07) is 35.0. The van der Waals surface area contributed by atoms with Gasteiger partial charge in [0.2, 0.25) is 0 Å². The Morgan fingerprint density at radius 3 is 2.11 bits per heavy atom. The number of nitrogens with zero attached hydrogens (tertiary/aromatic N) is 2. The molecule has 0 saturated heterocycles. The van der Waals surface area contributed by atoms with Crippen molar-refractivity contribution in [1.29, 1.82) is 0 Å². The van der Waals surface area contributed by atoms with Crippen molar-refractivity contribution in [2.24, 2.45) is 0 Å². The van der Waals surface area contributed by atoms with Crippen molar-refractivity contribution in [3.63, 3.8) is 0 Å². The van der Waals surface area contributed by atoms with Crippen molar-refractivity contribution in [2.45, 2.75) is 0 Å². The smallest absolute Gasteiger partial charge is 0.145 e. The second-order valence-corrected chi connectivity index (χ2v) is 6.80. The van der Waals surface area contributed by atoms with Gasteiger partial charge in [0.15, 0.2) is 0 Å². The lowest BCUT2D eigenvalue weighted by molar-refractivity contribution is 1.10. The molecule has 0 aliphatic rings. The van der Waals surface area contributed by atoms with Gasteiger partial charge in [0, 0.05) is 11.3 Å². The second-order valence-electron chi connectivity index (χ2n) is 6.80. The summed E-state index contributed by atoms with van der Waals surface area (Å²) in [5, 5.41) is 0. The molecular formula is C25H17BN2. The molecule has 1 aromatic heterocycles. The third-order valence-corrected chi connectivity index (χ3v) is 4.94. The zero-order valence-corrected chi connectivity index (χ0v) is 15.3. The average Bonchev–Trinajstić information content (AvgIpc) is 3.14. The number of benzene rings is 4. The van der Waals surface area contributed by atoms with Crippen molar-refractivity contribution in [3.05, 3.63) is 103 Å². The van der Waals surface area contributed by atoms with Crippen molar-refractivity contribution in [2.75, 3.05) is 0 Å². The number of fused-ring (bicyclic) bond motifs is 1. The first-order chi connectivity index (χ1) is 13.8. The predicted octanol–water partition coefficient (Wildman–Crippen LogP) is 5.15. The Balaban J connectivity index is 1.65. The fourth-order valence-electron chi connectivity index (χ4n) is 3.59. The van der Waals surface area contributed by atoms with Gasteiger partial charge in [0.25, 0.3) is 0 Å². The quantitative estimate of drug-likeness (QED) is 0.409. The van der Waals surface area contributed by atoms with E-state index in [-0.39, 0.29) is 0 Å². The Bertz CT molecular complexity index is 1250. The van der Waals surface area contributed by atoms with E-state index in [1.54, 1.807) is 0 Å². The number of rotatable bonds is 3. The van der Waals surface area contributed by atoms with E-state index in [0.717, 1.165) is 44.7 Å². The Morgan fingerprint density at radius 2 is 1.32 bits per heavy atom. The maximum atomic E-state index is 5.93. The van der Waals surface area contributed by atoms with Gasteiger partial charge in [-0.2, -0.15) is 0 Å². The minimum Gasteiger partial charge on any atom is -0.292 e. The minimum absolute atomic E-state index is 0.771. The van der Waals surface area contributed by atoms with Crippen LogP contribution in [0, 0.1) is 0 Å². The van der Waals surface area contributed by atoms with Gasteiger partial charge in [0.1, 0.15) is 13.7 Å². The van der Waals surface area contributed by atoms with Gasteiger partial charge >= 0.3 is 0 Å². The van der Waals surface area contributed by atoms with E-state index in [1.807, 2.05) is 30.3 Å². The molecule has 28 heavy (non-hydrogen) atoms. The number of hydrogen-bond acceptors (Lipinski definition) is 1. The van der Waals surface area contributed by atoms with Crippen LogP contribution in [0.3, 0.4) is 0 Å². The minimum atomic E-state index is 0.771. The van der Waals surface area contributed by atoms with Gasteiger partial charge < -0.3 is 0 Å². The molecule has 0 fully saturated rings. The molecule has 1 heterocycles. The van der Waals surface area contributed by atoms with Gasteiger partial charge in [-0.25, -0.2) is 4.98 Å². The van der Waals surface area contributed by atoms with Gasteiger partial charge in [-0.3, -0.25) is 4.57 Å². The Labute approximate surface area is 165 Å². The van der Waals surface area contributed by atoms with Crippen LogP contribution in [0.1, 0.15) is 0 Å². The molecule has 0 aliphatic carbocycles. The van der Waals surface area contributed by atoms with Crippen molar-refractivity contribution in [3.8, 4) is 28.2 Å². The summed E-state index contributed by atoms with van der Waals surface area (Å²) < 4.78 is 2.21. The highest BCUT2D eigenvalue weighted by Crippen LogP contribution is 2.30. The zero-order chi connectivity index (χ0) is 18.9. The highest BCUT2D eigenvalue weighted by molar-refractivity contribution is 6.32. The molecular weight excluding hydrogens is 339 g/mol. The highest BCUT2D eigenvalue weighted by atomic mass is 15.1. The zero-order valence-electron chi connectivity index (χ0n) is 15.3. The van der Waals surface area contributed by atoms with Gasteiger partial charge in [-0.15, -0.1) is 0 Å². The normalized spacial score (nSPS) is 11.0. The first-order valence-electron chi connectivity index (χ1n) is 9.29. The Hall–Kier alpha value is -3.59. The molecule has 130 valence electrons. The molecule has 0 unspecified atom stereocenters. The summed E-state index contributed by atoms with van der Waals surface area (Å²) >= 11 is 0. The number of hydrogen-bond donors (Lipinski definition) is 0. The van der Waals surface area contributed by atoms with Crippen LogP contribution < -0.4 is 5.46 Å². The third-order valence-electron chi connectivity index (χ3n) is 4.94. The van der Waals surface area contributed by atoms with E-state index >= 15 is 0 Å². The van der Waals surface area contributed by atoms with Gasteiger partial charge in [-0.1, -0.05) is 84.3 Å². The molecule has 0 atom stereocenters. The maximum absolute atomic E-state index is 5.93. The van der Waals surface area contributed by atoms with E-state index in [1.165, 1.54) is 0 Å². The topological polar surface area (TPSA) is 17.8 Å². The van der Waals surface area contributed by atoms with Gasteiger partial charge in [-0.05, 0) is 35.4 Å². The van der Waals surface area contributed by atoms with Crippen LogP contribution in [0.5, 0.6) is 0 Å². The van der Waals surface area contributed by atoms with Crippen LogP contribution in [0.4, 0.5) is 0 Å². The molecule has 0 N–H and O–H groups in total. The standard InChI is InChI=1S/C25H17BN2/c26-21-8-6-7-20(17-21)18-13-15-19(16-14-18)25-27-23-11-4-5-12-24(23)28(25)22-9-2-1-3-10-22/h1-17H. The molecule has 5 aromatic rings. The lowest BCUT2D eigenvalue weighted by atomic mass is 9.92. The SMILES string of the molecule is [B]c1cccc(-c2ccc(-c3nc4ccccc4n3-c3ccccc3)cc2)c1. The summed E-state index contributed by atoms with van der Waals surface area (Å²) in [6.07, 6.45) is 0. The van der Waals surface area contributed by atoms with Gasteiger partial charge in [0.05, 0.1) is 11.0 Å². The Kier molecular flexibility index (Phi) is 4.06. The first kappa shape index (κ1) is 16.6. The molecule has 4 aromatic carbocycles. The molecule has 0 saturated carbocycles. The first-order valence-corrected chi connectivity index (χ1v) is 9.29. The predicted molar refractivity (Wildman–Crippen MR) is 117 cm³/mol. The molecule has 2 radical (unpaired) electrons. The molecule has 3 heteroatoms. The van der Waals surface area contributed by atoms with Crippen LogP contribution in [-0.4, -0.2) is 17.4 Å². The van der Waals surface area contributed by atoms with E-state index in [9.17, 15) is 0 Å². The maximum Gasteiger partial charge on any atom is 0.145 e. The van der Waals surface area contributed by atoms with Crippen LogP contribution in [0.2, 0.25) is 0 Å². The number of imidazole rings is 1. The summed E-state index contributed by atoms with van der Waals surface area (Å²) in [4.78, 5) is 4.92. The fraction of sp³-hybridized carbons (Fsp3) is 0. The lowest BCUT2D eigenvalue weighted by Crippen LogP contribution is -2.00. The molecule has 0 bridgehead atoms. The van der Waals surface area contributed by atoms with Crippen LogP contribution in [0.15, 0.2) is 103 Å². The number of aromatic nitrogens is 2. The fourth-order valence-corrected chi connectivity index (χ4v) is 3.59. The van der Waals surface area contributed by atoms with Crippen molar-refractivity contribution >= 4 is 24.3 Å². The van der Waals surface area contributed by atoms with Crippen molar-refractivity contribution < 1.29 is 0 Å². The summed E-state index contributed by atoms with van der Waals surface area (Å²) in [5.74, 6) is 0.937.